The summed E-state index contributed by atoms with van der Waals surface area (Å²) in [5, 5.41) is 8.38. The van der Waals surface area contributed by atoms with Gasteiger partial charge in [-0.2, -0.15) is 5.10 Å². The highest BCUT2D eigenvalue weighted by molar-refractivity contribution is 6.32. The third-order valence-corrected chi connectivity index (χ3v) is 3.97. The van der Waals surface area contributed by atoms with E-state index in [1.165, 1.54) is 0 Å². The van der Waals surface area contributed by atoms with Crippen molar-refractivity contribution >= 4 is 17.4 Å². The van der Waals surface area contributed by atoms with Gasteiger partial charge in [0, 0.05) is 32.0 Å². The third-order valence-electron chi connectivity index (χ3n) is 3.53. The zero-order valence-electron chi connectivity index (χ0n) is 12.1. The van der Waals surface area contributed by atoms with Gasteiger partial charge in [0.1, 0.15) is 5.78 Å². The van der Waals surface area contributed by atoms with Crippen LogP contribution in [0.1, 0.15) is 31.7 Å². The molecule has 2 rings (SSSR count). The topological polar surface area (TPSA) is 56.2 Å². The fourth-order valence-corrected chi connectivity index (χ4v) is 2.81. The Hall–Kier alpha value is -0.910. The molecule has 1 aliphatic rings. The second-order valence-corrected chi connectivity index (χ2v) is 5.40. The largest absolute Gasteiger partial charge is 0.379 e. The molecule has 5 nitrogen and oxygen atoms in total. The first-order chi connectivity index (χ1) is 9.65. The minimum atomic E-state index is 0.124. The molecule has 0 aliphatic carbocycles. The Kier molecular flexibility index (Phi) is 5.57. The van der Waals surface area contributed by atoms with Gasteiger partial charge in [-0.3, -0.25) is 9.48 Å². The number of carbonyl (C=O) groups excluding carboxylic acids is 1. The molecule has 0 aromatic carbocycles. The zero-order valence-corrected chi connectivity index (χ0v) is 12.9. The van der Waals surface area contributed by atoms with Crippen LogP contribution in [0.25, 0.3) is 0 Å². The maximum Gasteiger partial charge on any atom is 0.140 e. The quantitative estimate of drug-likeness (QED) is 0.867. The predicted molar refractivity (Wildman–Crippen MR) is 78.2 cm³/mol. The molecule has 6 heteroatoms. The molecule has 1 aliphatic heterocycles. The van der Waals surface area contributed by atoms with Crippen molar-refractivity contribution in [3.63, 3.8) is 0 Å². The van der Waals surface area contributed by atoms with Gasteiger partial charge in [-0.25, -0.2) is 0 Å². The Balaban J connectivity index is 2.01. The molecule has 112 valence electrons. The van der Waals surface area contributed by atoms with Crippen LogP contribution >= 0.6 is 11.6 Å². The van der Waals surface area contributed by atoms with Gasteiger partial charge in [0.2, 0.25) is 0 Å². The molecule has 1 N–H and O–H groups in total. The molecule has 0 spiro atoms. The van der Waals surface area contributed by atoms with Gasteiger partial charge >= 0.3 is 0 Å². The van der Waals surface area contributed by atoms with Crippen molar-refractivity contribution in [3.05, 3.63) is 16.4 Å². The molecule has 1 fully saturated rings. The first-order valence-electron chi connectivity index (χ1n) is 7.22. The number of Topliss-reactive ketones (excluding diaryl/α,β-unsaturated/α-hetero) is 1. The highest BCUT2D eigenvalue weighted by Gasteiger charge is 2.21. The van der Waals surface area contributed by atoms with E-state index in [1.807, 2.05) is 18.5 Å². The molecular formula is C14H22ClN3O2. The summed E-state index contributed by atoms with van der Waals surface area (Å²) in [5.74, 6) is 0.173. The molecule has 1 unspecified atom stereocenters. The molecule has 1 aromatic heterocycles. The molecule has 0 bridgehead atoms. The fourth-order valence-electron chi connectivity index (χ4n) is 2.47. The molecule has 0 amide bonds. The lowest BCUT2D eigenvalue weighted by Crippen LogP contribution is -2.42. The zero-order chi connectivity index (χ0) is 14.5. The van der Waals surface area contributed by atoms with E-state index >= 15 is 0 Å². The van der Waals surface area contributed by atoms with Crippen LogP contribution in [0.4, 0.5) is 0 Å². The van der Waals surface area contributed by atoms with Crippen molar-refractivity contribution < 1.29 is 9.53 Å². The number of ketones is 1. The number of hydrogen-bond donors (Lipinski definition) is 1. The highest BCUT2D eigenvalue weighted by atomic mass is 35.5. The average molecular weight is 300 g/mol. The molecular weight excluding hydrogens is 278 g/mol. The number of halogens is 1. The number of rotatable bonds is 6. The van der Waals surface area contributed by atoms with E-state index in [4.69, 9.17) is 16.3 Å². The van der Waals surface area contributed by atoms with E-state index in [0.29, 0.717) is 24.5 Å². The maximum absolute atomic E-state index is 12.2. The maximum atomic E-state index is 12.2. The number of nitrogens with zero attached hydrogens (tertiary/aromatic N) is 2. The first-order valence-corrected chi connectivity index (χ1v) is 7.60. The summed E-state index contributed by atoms with van der Waals surface area (Å²) >= 11 is 6.32. The van der Waals surface area contributed by atoms with Crippen molar-refractivity contribution in [1.82, 2.24) is 15.1 Å². The first kappa shape index (κ1) is 15.5. The smallest absolute Gasteiger partial charge is 0.140 e. The van der Waals surface area contributed by atoms with Gasteiger partial charge in [0.15, 0.2) is 0 Å². The van der Waals surface area contributed by atoms with Crippen molar-refractivity contribution in [2.75, 3.05) is 19.8 Å². The molecule has 20 heavy (non-hydrogen) atoms. The lowest BCUT2D eigenvalue weighted by atomic mass is 10.1. The van der Waals surface area contributed by atoms with Gasteiger partial charge in [-0.05, 0) is 13.3 Å². The van der Waals surface area contributed by atoms with Gasteiger partial charge in [-0.1, -0.05) is 18.5 Å². The van der Waals surface area contributed by atoms with Crippen LogP contribution in [0, 0.1) is 0 Å². The fraction of sp³-hybridized carbons (Fsp3) is 0.714. The second-order valence-electron chi connectivity index (χ2n) is 5.02. The summed E-state index contributed by atoms with van der Waals surface area (Å²) < 4.78 is 7.20. The Morgan fingerprint density at radius 1 is 1.55 bits per heavy atom. The molecule has 0 radical (unpaired) electrons. The summed E-state index contributed by atoms with van der Waals surface area (Å²) in [5.41, 5.74) is 1.71. The number of hydrogen-bond acceptors (Lipinski definition) is 4. The number of ether oxygens (including phenoxy) is 1. The van der Waals surface area contributed by atoms with Crippen LogP contribution in [0.15, 0.2) is 0 Å². The summed E-state index contributed by atoms with van der Waals surface area (Å²) in [4.78, 5) is 12.2. The standard InChI is InChI=1S/C14H22ClN3O2/c1-3-12-14(15)13(18(4-2)17-12)8-11(19)7-10-9-20-6-5-16-10/h10,16H,3-9H2,1-2H3. The predicted octanol–water partition coefficient (Wildman–Crippen LogP) is 1.61. The monoisotopic (exact) mass is 299 g/mol. The molecule has 2 heterocycles. The minimum absolute atomic E-state index is 0.124. The van der Waals surface area contributed by atoms with E-state index in [1.54, 1.807) is 0 Å². The van der Waals surface area contributed by atoms with Crippen molar-refractivity contribution in [3.8, 4) is 0 Å². The third kappa shape index (κ3) is 3.59. The minimum Gasteiger partial charge on any atom is -0.379 e. The van der Waals surface area contributed by atoms with E-state index in [9.17, 15) is 4.79 Å². The van der Waals surface area contributed by atoms with E-state index in [0.717, 1.165) is 37.5 Å². The number of morpholine rings is 1. The van der Waals surface area contributed by atoms with Crippen LogP contribution in [0.2, 0.25) is 5.02 Å². The SMILES string of the molecule is CCc1nn(CC)c(CC(=O)CC2COCCN2)c1Cl. The Morgan fingerprint density at radius 2 is 2.35 bits per heavy atom. The summed E-state index contributed by atoms with van der Waals surface area (Å²) in [6.07, 6.45) is 1.61. The van der Waals surface area contributed by atoms with E-state index in [-0.39, 0.29) is 11.8 Å². The van der Waals surface area contributed by atoms with E-state index in [2.05, 4.69) is 10.4 Å². The Morgan fingerprint density at radius 3 is 2.95 bits per heavy atom. The number of aromatic nitrogens is 2. The van der Waals surface area contributed by atoms with Crippen LogP contribution in [0.3, 0.4) is 0 Å². The number of nitrogens with one attached hydrogen (secondary N) is 1. The second kappa shape index (κ2) is 7.20. The molecule has 1 atom stereocenters. The van der Waals surface area contributed by atoms with Crippen LogP contribution < -0.4 is 5.32 Å². The molecule has 1 saturated heterocycles. The van der Waals surface area contributed by atoms with Crippen LogP contribution in [-0.2, 0) is 28.9 Å². The van der Waals surface area contributed by atoms with Crippen LogP contribution in [0.5, 0.6) is 0 Å². The normalized spacial score (nSPS) is 19.2. The number of carbonyl (C=O) groups is 1. The van der Waals surface area contributed by atoms with Gasteiger partial charge < -0.3 is 10.1 Å². The molecule has 0 saturated carbocycles. The van der Waals surface area contributed by atoms with Crippen LogP contribution in [-0.4, -0.2) is 41.4 Å². The summed E-state index contributed by atoms with van der Waals surface area (Å²) in [6.45, 7) is 6.89. The Bertz CT molecular complexity index is 467. The average Bonchev–Trinajstić information content (AvgIpc) is 2.76. The molecule has 1 aromatic rings. The van der Waals surface area contributed by atoms with Gasteiger partial charge in [-0.15, -0.1) is 0 Å². The van der Waals surface area contributed by atoms with Crippen molar-refractivity contribution in [1.29, 1.82) is 0 Å². The van der Waals surface area contributed by atoms with Crippen molar-refractivity contribution in [2.24, 2.45) is 0 Å². The Labute approximate surface area is 124 Å². The number of aryl methyl sites for hydroxylation is 2. The van der Waals surface area contributed by atoms with Gasteiger partial charge in [0.25, 0.3) is 0 Å². The summed E-state index contributed by atoms with van der Waals surface area (Å²) in [6, 6.07) is 0.124. The van der Waals surface area contributed by atoms with Gasteiger partial charge in [0.05, 0.1) is 29.6 Å². The summed E-state index contributed by atoms with van der Waals surface area (Å²) in [7, 11) is 0. The van der Waals surface area contributed by atoms with E-state index < -0.39 is 0 Å². The lowest BCUT2D eigenvalue weighted by molar-refractivity contribution is -0.119. The lowest BCUT2D eigenvalue weighted by Gasteiger charge is -2.23. The highest BCUT2D eigenvalue weighted by Crippen LogP contribution is 2.22. The van der Waals surface area contributed by atoms with Crippen molar-refractivity contribution in [2.45, 2.75) is 45.7 Å².